The summed E-state index contributed by atoms with van der Waals surface area (Å²) in [5.74, 6) is -0.379. The molecule has 2 amide bonds. The van der Waals surface area contributed by atoms with Crippen LogP contribution in [0, 0.1) is 5.92 Å². The number of hydrogen-bond donors (Lipinski definition) is 1. The molecule has 27 heavy (non-hydrogen) atoms. The van der Waals surface area contributed by atoms with Gasteiger partial charge < -0.3 is 14.9 Å². The van der Waals surface area contributed by atoms with Gasteiger partial charge in [-0.3, -0.25) is 9.59 Å². The average molecular weight is 372 g/mol. The van der Waals surface area contributed by atoms with E-state index < -0.39 is 5.97 Å². The van der Waals surface area contributed by atoms with Gasteiger partial charge in [-0.1, -0.05) is 31.4 Å². The van der Waals surface area contributed by atoms with Crippen molar-refractivity contribution in [3.05, 3.63) is 35.4 Å². The number of carboxylic acid groups (broad SMARTS) is 1. The molecule has 0 atom stereocenters. The van der Waals surface area contributed by atoms with Crippen molar-refractivity contribution in [3.8, 4) is 0 Å². The maximum atomic E-state index is 12.6. The molecule has 146 valence electrons. The van der Waals surface area contributed by atoms with E-state index >= 15 is 0 Å². The van der Waals surface area contributed by atoms with Crippen LogP contribution in [0.15, 0.2) is 24.3 Å². The lowest BCUT2D eigenvalue weighted by molar-refractivity contribution is -0.142. The highest BCUT2D eigenvalue weighted by atomic mass is 16.4. The van der Waals surface area contributed by atoms with Crippen LogP contribution in [0.2, 0.25) is 0 Å². The van der Waals surface area contributed by atoms with E-state index in [0.29, 0.717) is 39.0 Å². The van der Waals surface area contributed by atoms with E-state index in [4.69, 9.17) is 5.11 Å². The fourth-order valence-corrected chi connectivity index (χ4v) is 4.01. The van der Waals surface area contributed by atoms with Gasteiger partial charge in [-0.2, -0.15) is 0 Å². The molecule has 2 aliphatic rings. The number of aromatic carboxylic acids is 1. The normalized spacial score (nSPS) is 18.4. The standard InChI is InChI=1S/C21H28N2O4/c24-19(11-8-16-6-9-18(10-7-16)21(26)27)22-12-14-23(15-13-22)20(25)17-4-2-1-3-5-17/h6-7,9-10,17H,1-5,8,11-15H2,(H,26,27). The van der Waals surface area contributed by atoms with Crippen molar-refractivity contribution >= 4 is 17.8 Å². The number of hydrogen-bond acceptors (Lipinski definition) is 3. The van der Waals surface area contributed by atoms with Gasteiger partial charge in [0, 0.05) is 38.5 Å². The first-order valence-electron chi connectivity index (χ1n) is 9.93. The molecule has 0 bridgehead atoms. The van der Waals surface area contributed by atoms with Crippen molar-refractivity contribution in [1.29, 1.82) is 0 Å². The number of carboxylic acids is 1. The molecule has 0 spiro atoms. The van der Waals surface area contributed by atoms with Crippen LogP contribution >= 0.6 is 0 Å². The highest BCUT2D eigenvalue weighted by Crippen LogP contribution is 2.25. The Morgan fingerprint density at radius 1 is 0.889 bits per heavy atom. The molecule has 1 heterocycles. The van der Waals surface area contributed by atoms with Crippen LogP contribution in [-0.2, 0) is 16.0 Å². The largest absolute Gasteiger partial charge is 0.478 e. The highest BCUT2D eigenvalue weighted by Gasteiger charge is 2.29. The van der Waals surface area contributed by atoms with Gasteiger partial charge in [0.15, 0.2) is 0 Å². The Kier molecular flexibility index (Phi) is 6.48. The second-order valence-corrected chi connectivity index (χ2v) is 7.54. The summed E-state index contributed by atoms with van der Waals surface area (Å²) in [4.78, 5) is 39.7. The Bertz CT molecular complexity index is 672. The van der Waals surface area contributed by atoms with Gasteiger partial charge in [0.25, 0.3) is 0 Å². The summed E-state index contributed by atoms with van der Waals surface area (Å²) in [7, 11) is 0. The number of piperazine rings is 1. The maximum Gasteiger partial charge on any atom is 0.335 e. The SMILES string of the molecule is O=C(O)c1ccc(CCC(=O)N2CCN(C(=O)C3CCCCC3)CC2)cc1. The topological polar surface area (TPSA) is 77.9 Å². The van der Waals surface area contributed by atoms with Crippen LogP contribution in [0.5, 0.6) is 0 Å². The molecule has 1 saturated carbocycles. The molecule has 6 nitrogen and oxygen atoms in total. The van der Waals surface area contributed by atoms with E-state index in [1.54, 1.807) is 24.3 Å². The minimum Gasteiger partial charge on any atom is -0.478 e. The zero-order valence-corrected chi connectivity index (χ0v) is 15.7. The summed E-state index contributed by atoms with van der Waals surface area (Å²) < 4.78 is 0. The Labute approximate surface area is 160 Å². The third kappa shape index (κ3) is 5.08. The fraction of sp³-hybridized carbons (Fsp3) is 0.571. The molecular weight excluding hydrogens is 344 g/mol. The predicted molar refractivity (Wildman–Crippen MR) is 101 cm³/mol. The summed E-state index contributed by atoms with van der Waals surface area (Å²) in [5, 5.41) is 8.92. The summed E-state index contributed by atoms with van der Waals surface area (Å²) in [5.41, 5.74) is 1.21. The number of nitrogens with zero attached hydrogens (tertiary/aromatic N) is 2. The average Bonchev–Trinajstić information content (AvgIpc) is 2.72. The Hall–Kier alpha value is -2.37. The van der Waals surface area contributed by atoms with E-state index in [9.17, 15) is 14.4 Å². The van der Waals surface area contributed by atoms with E-state index in [1.807, 2.05) is 9.80 Å². The Morgan fingerprint density at radius 3 is 2.07 bits per heavy atom. The van der Waals surface area contributed by atoms with Crippen LogP contribution < -0.4 is 0 Å². The van der Waals surface area contributed by atoms with Crippen molar-refractivity contribution < 1.29 is 19.5 Å². The lowest BCUT2D eigenvalue weighted by atomic mass is 9.88. The van der Waals surface area contributed by atoms with Crippen LogP contribution in [-0.4, -0.2) is 58.9 Å². The minimum atomic E-state index is -0.946. The summed E-state index contributed by atoms with van der Waals surface area (Å²) in [6.07, 6.45) is 6.58. The van der Waals surface area contributed by atoms with Crippen LogP contribution in [0.1, 0.15) is 54.4 Å². The van der Waals surface area contributed by atoms with Crippen LogP contribution in [0.3, 0.4) is 0 Å². The lowest BCUT2D eigenvalue weighted by Gasteiger charge is -2.37. The molecular formula is C21H28N2O4. The third-order valence-corrected chi connectivity index (χ3v) is 5.73. The zero-order valence-electron chi connectivity index (χ0n) is 15.7. The first-order valence-corrected chi connectivity index (χ1v) is 9.93. The molecule has 0 radical (unpaired) electrons. The van der Waals surface area contributed by atoms with Gasteiger partial charge in [0.1, 0.15) is 0 Å². The Balaban J connectivity index is 1.42. The number of amides is 2. The first kappa shape index (κ1) is 19.4. The smallest absolute Gasteiger partial charge is 0.335 e. The third-order valence-electron chi connectivity index (χ3n) is 5.73. The van der Waals surface area contributed by atoms with Gasteiger partial charge in [-0.25, -0.2) is 4.79 Å². The molecule has 0 aromatic heterocycles. The second-order valence-electron chi connectivity index (χ2n) is 7.54. The minimum absolute atomic E-state index is 0.0991. The highest BCUT2D eigenvalue weighted by molar-refractivity contribution is 5.87. The van der Waals surface area contributed by atoms with Gasteiger partial charge in [0.2, 0.25) is 11.8 Å². The monoisotopic (exact) mass is 372 g/mol. The predicted octanol–water partition coefficient (Wildman–Crippen LogP) is 2.57. The molecule has 1 saturated heterocycles. The van der Waals surface area contributed by atoms with Gasteiger partial charge in [-0.15, -0.1) is 0 Å². The van der Waals surface area contributed by atoms with Gasteiger partial charge in [-0.05, 0) is 37.0 Å². The zero-order chi connectivity index (χ0) is 19.2. The summed E-state index contributed by atoms with van der Waals surface area (Å²) in [6, 6.07) is 6.66. The van der Waals surface area contributed by atoms with Crippen molar-refractivity contribution in [2.45, 2.75) is 44.9 Å². The van der Waals surface area contributed by atoms with E-state index in [2.05, 4.69) is 0 Å². The molecule has 1 aliphatic heterocycles. The molecule has 1 N–H and O–H groups in total. The van der Waals surface area contributed by atoms with Crippen molar-refractivity contribution in [2.75, 3.05) is 26.2 Å². The van der Waals surface area contributed by atoms with E-state index in [-0.39, 0.29) is 23.3 Å². The van der Waals surface area contributed by atoms with Crippen LogP contribution in [0.25, 0.3) is 0 Å². The molecule has 1 aromatic rings. The number of rotatable bonds is 5. The fourth-order valence-electron chi connectivity index (χ4n) is 4.01. The number of aryl methyl sites for hydroxylation is 1. The lowest BCUT2D eigenvalue weighted by Crippen LogP contribution is -2.52. The molecule has 1 aromatic carbocycles. The van der Waals surface area contributed by atoms with Crippen molar-refractivity contribution in [3.63, 3.8) is 0 Å². The number of carbonyl (C=O) groups is 3. The summed E-state index contributed by atoms with van der Waals surface area (Å²) in [6.45, 7) is 2.48. The first-order chi connectivity index (χ1) is 13.0. The maximum absolute atomic E-state index is 12.6. The quantitative estimate of drug-likeness (QED) is 0.862. The van der Waals surface area contributed by atoms with Crippen LogP contribution in [0.4, 0.5) is 0 Å². The Morgan fingerprint density at radius 2 is 1.48 bits per heavy atom. The molecule has 2 fully saturated rings. The van der Waals surface area contributed by atoms with Crippen molar-refractivity contribution in [2.24, 2.45) is 5.92 Å². The molecule has 1 aliphatic carbocycles. The number of benzene rings is 1. The molecule has 3 rings (SSSR count). The summed E-state index contributed by atoms with van der Waals surface area (Å²) >= 11 is 0. The van der Waals surface area contributed by atoms with Crippen molar-refractivity contribution in [1.82, 2.24) is 9.80 Å². The second kappa shape index (κ2) is 9.02. The van der Waals surface area contributed by atoms with E-state index in [1.165, 1.54) is 6.42 Å². The van der Waals surface area contributed by atoms with Gasteiger partial charge in [0.05, 0.1) is 5.56 Å². The van der Waals surface area contributed by atoms with E-state index in [0.717, 1.165) is 31.2 Å². The molecule has 6 heteroatoms. The van der Waals surface area contributed by atoms with Gasteiger partial charge >= 0.3 is 5.97 Å². The molecule has 0 unspecified atom stereocenters. The number of carbonyl (C=O) groups excluding carboxylic acids is 2.